The van der Waals surface area contributed by atoms with Gasteiger partial charge in [0.15, 0.2) is 5.16 Å². The van der Waals surface area contributed by atoms with E-state index in [1.165, 1.54) is 17.8 Å². The first-order valence-electron chi connectivity index (χ1n) is 6.94. The zero-order valence-corrected chi connectivity index (χ0v) is 14.3. The van der Waals surface area contributed by atoms with E-state index in [1.807, 2.05) is 6.92 Å². The molecule has 3 nitrogen and oxygen atoms in total. The highest BCUT2D eigenvalue weighted by Crippen LogP contribution is 2.31. The van der Waals surface area contributed by atoms with Gasteiger partial charge in [0.2, 0.25) is 0 Å². The fourth-order valence-corrected chi connectivity index (χ4v) is 4.79. The Morgan fingerprint density at radius 2 is 2.32 bits per heavy atom. The second kappa shape index (κ2) is 6.64. The summed E-state index contributed by atoms with van der Waals surface area (Å²) in [5.74, 6) is 0.917. The van der Waals surface area contributed by atoms with Crippen molar-refractivity contribution in [3.05, 3.63) is 50.7 Å². The van der Waals surface area contributed by atoms with Crippen molar-refractivity contribution in [3.63, 3.8) is 0 Å². The number of hydrogen-bond donors (Lipinski definition) is 0. The van der Waals surface area contributed by atoms with Crippen LogP contribution in [0.2, 0.25) is 5.02 Å². The van der Waals surface area contributed by atoms with Gasteiger partial charge >= 0.3 is 0 Å². The summed E-state index contributed by atoms with van der Waals surface area (Å²) < 4.78 is 15.5. The first kappa shape index (κ1) is 15.9. The summed E-state index contributed by atoms with van der Waals surface area (Å²) in [4.78, 5) is 17.8. The molecule has 1 aromatic carbocycles. The molecule has 1 aliphatic rings. The molecule has 3 rings (SSSR count). The van der Waals surface area contributed by atoms with Gasteiger partial charge in [-0.2, -0.15) is 0 Å². The molecule has 0 atom stereocenters. The molecule has 2 aromatic rings. The monoisotopic (exact) mass is 356 g/mol. The summed E-state index contributed by atoms with van der Waals surface area (Å²) in [7, 11) is 0. The van der Waals surface area contributed by atoms with E-state index in [0.717, 1.165) is 22.8 Å². The standard InChI is InChI=1S/C15H14ClFN2OS2/c1-2-19-14(20)13-12(6-7-21-13)18-15(19)22-8-9-10(16)4-3-5-11(9)17/h3-5H,2,6-8H2,1H3. The maximum absolute atomic E-state index is 13.8. The number of halogens is 2. The molecule has 0 saturated heterocycles. The number of rotatable bonds is 4. The zero-order chi connectivity index (χ0) is 15.7. The summed E-state index contributed by atoms with van der Waals surface area (Å²) in [6.45, 7) is 2.46. The molecule has 2 heterocycles. The number of benzene rings is 1. The van der Waals surface area contributed by atoms with Crippen molar-refractivity contribution in [2.75, 3.05) is 5.75 Å². The van der Waals surface area contributed by atoms with Gasteiger partial charge in [-0.25, -0.2) is 9.37 Å². The Labute approximate surface area is 141 Å². The summed E-state index contributed by atoms with van der Waals surface area (Å²) >= 11 is 8.97. The Bertz CT molecular complexity index is 759. The van der Waals surface area contributed by atoms with Gasteiger partial charge < -0.3 is 0 Å². The Kier molecular flexibility index (Phi) is 4.80. The van der Waals surface area contributed by atoms with E-state index in [4.69, 9.17) is 11.6 Å². The fourth-order valence-electron chi connectivity index (χ4n) is 2.32. The minimum Gasteiger partial charge on any atom is -0.287 e. The molecule has 1 aliphatic heterocycles. The lowest BCUT2D eigenvalue weighted by molar-refractivity contribution is 0.596. The van der Waals surface area contributed by atoms with Gasteiger partial charge in [-0.15, -0.1) is 11.8 Å². The van der Waals surface area contributed by atoms with Gasteiger partial charge in [0.05, 0.1) is 10.6 Å². The van der Waals surface area contributed by atoms with E-state index in [9.17, 15) is 9.18 Å². The minimum atomic E-state index is -0.331. The molecule has 0 unspecified atom stereocenters. The predicted octanol–water partition coefficient (Wildman–Crippen LogP) is 4.00. The van der Waals surface area contributed by atoms with Crippen molar-refractivity contribution < 1.29 is 4.39 Å². The number of fused-ring (bicyclic) bond motifs is 1. The molecular formula is C15H14ClFN2OS2. The van der Waals surface area contributed by atoms with Crippen molar-refractivity contribution in [1.29, 1.82) is 0 Å². The molecule has 0 spiro atoms. The Morgan fingerprint density at radius 1 is 1.50 bits per heavy atom. The number of aromatic nitrogens is 2. The normalized spacial score (nSPS) is 13.4. The van der Waals surface area contributed by atoms with Gasteiger partial charge in [0.1, 0.15) is 5.82 Å². The summed E-state index contributed by atoms with van der Waals surface area (Å²) in [6, 6.07) is 4.64. The number of nitrogens with zero attached hydrogens (tertiary/aromatic N) is 2. The highest BCUT2D eigenvalue weighted by molar-refractivity contribution is 7.99. The topological polar surface area (TPSA) is 34.9 Å². The molecule has 0 saturated carbocycles. The lowest BCUT2D eigenvalue weighted by Gasteiger charge is -2.12. The van der Waals surface area contributed by atoms with Gasteiger partial charge in [-0.05, 0) is 19.1 Å². The van der Waals surface area contributed by atoms with Crippen LogP contribution in [-0.4, -0.2) is 15.3 Å². The Balaban J connectivity index is 1.93. The third-order valence-corrected chi connectivity index (χ3v) is 5.94. The van der Waals surface area contributed by atoms with Crippen molar-refractivity contribution in [1.82, 2.24) is 9.55 Å². The Hall–Kier alpha value is -0.980. The van der Waals surface area contributed by atoms with Crippen LogP contribution in [0, 0.1) is 5.82 Å². The smallest absolute Gasteiger partial charge is 0.268 e. The molecule has 0 radical (unpaired) electrons. The molecular weight excluding hydrogens is 343 g/mol. The van der Waals surface area contributed by atoms with Gasteiger partial charge in [-0.1, -0.05) is 29.4 Å². The van der Waals surface area contributed by atoms with Crippen LogP contribution in [0.15, 0.2) is 33.0 Å². The molecule has 116 valence electrons. The molecule has 7 heteroatoms. The second-order valence-electron chi connectivity index (χ2n) is 4.81. The van der Waals surface area contributed by atoms with Crippen molar-refractivity contribution in [3.8, 4) is 0 Å². The second-order valence-corrected chi connectivity index (χ2v) is 7.26. The maximum atomic E-state index is 13.8. The van der Waals surface area contributed by atoms with E-state index in [2.05, 4.69) is 4.98 Å². The molecule has 22 heavy (non-hydrogen) atoms. The van der Waals surface area contributed by atoms with Gasteiger partial charge in [0.25, 0.3) is 5.56 Å². The summed E-state index contributed by atoms with van der Waals surface area (Å²) in [6.07, 6.45) is 0.813. The van der Waals surface area contributed by atoms with Crippen molar-refractivity contribution in [2.24, 2.45) is 0 Å². The first-order valence-corrected chi connectivity index (χ1v) is 9.29. The van der Waals surface area contributed by atoms with Gasteiger partial charge in [0, 0.05) is 35.1 Å². The van der Waals surface area contributed by atoms with Crippen molar-refractivity contribution in [2.45, 2.75) is 35.7 Å². The number of aryl methyl sites for hydroxylation is 1. The van der Waals surface area contributed by atoms with Crippen molar-refractivity contribution >= 4 is 35.1 Å². The predicted molar refractivity (Wildman–Crippen MR) is 89.6 cm³/mol. The molecule has 1 aromatic heterocycles. The third kappa shape index (κ3) is 2.92. The zero-order valence-electron chi connectivity index (χ0n) is 11.9. The highest BCUT2D eigenvalue weighted by atomic mass is 35.5. The van der Waals surface area contributed by atoms with Crippen LogP contribution in [0.3, 0.4) is 0 Å². The van der Waals surface area contributed by atoms with Crippen LogP contribution in [0.4, 0.5) is 4.39 Å². The molecule has 0 fully saturated rings. The molecule has 0 N–H and O–H groups in total. The molecule has 0 aliphatic carbocycles. The lowest BCUT2D eigenvalue weighted by Crippen LogP contribution is -2.24. The fraction of sp³-hybridized carbons (Fsp3) is 0.333. The quantitative estimate of drug-likeness (QED) is 0.612. The van der Waals surface area contributed by atoms with Gasteiger partial charge in [-0.3, -0.25) is 9.36 Å². The van der Waals surface area contributed by atoms with Crippen LogP contribution in [-0.2, 0) is 18.7 Å². The Morgan fingerprint density at radius 3 is 3.05 bits per heavy atom. The SMILES string of the molecule is CCn1c(SCc2c(F)cccc2Cl)nc2c(c1=O)SCC2. The largest absolute Gasteiger partial charge is 0.287 e. The maximum Gasteiger partial charge on any atom is 0.268 e. The first-order chi connectivity index (χ1) is 10.6. The van der Waals surface area contributed by atoms with Crippen LogP contribution >= 0.6 is 35.1 Å². The highest BCUT2D eigenvalue weighted by Gasteiger charge is 2.21. The lowest BCUT2D eigenvalue weighted by atomic mass is 10.2. The van der Waals surface area contributed by atoms with E-state index in [1.54, 1.807) is 28.5 Å². The average Bonchev–Trinajstić information content (AvgIpc) is 2.95. The van der Waals surface area contributed by atoms with Crippen LogP contribution < -0.4 is 5.56 Å². The average molecular weight is 357 g/mol. The summed E-state index contributed by atoms with van der Waals surface area (Å²) in [5.41, 5.74) is 1.32. The van der Waals surface area contributed by atoms with Crippen LogP contribution in [0.1, 0.15) is 18.2 Å². The van der Waals surface area contributed by atoms with Crippen LogP contribution in [0.5, 0.6) is 0 Å². The number of hydrogen-bond acceptors (Lipinski definition) is 4. The van der Waals surface area contributed by atoms with E-state index >= 15 is 0 Å². The third-order valence-electron chi connectivity index (χ3n) is 3.47. The van der Waals surface area contributed by atoms with Crippen LogP contribution in [0.25, 0.3) is 0 Å². The minimum absolute atomic E-state index is 0.0112. The molecule has 0 amide bonds. The van der Waals surface area contributed by atoms with E-state index in [-0.39, 0.29) is 11.4 Å². The summed E-state index contributed by atoms with van der Waals surface area (Å²) in [5, 5.41) is 1.03. The number of thioether (sulfide) groups is 2. The van der Waals surface area contributed by atoms with E-state index in [0.29, 0.717) is 28.0 Å². The van der Waals surface area contributed by atoms with E-state index < -0.39 is 0 Å². The molecule has 0 bridgehead atoms.